The van der Waals surface area contributed by atoms with Crippen molar-refractivity contribution in [3.63, 3.8) is 0 Å². The second-order valence-corrected chi connectivity index (χ2v) is 7.06. The van der Waals surface area contributed by atoms with Crippen molar-refractivity contribution in [1.82, 2.24) is 10.3 Å². The van der Waals surface area contributed by atoms with E-state index in [1.54, 1.807) is 11.3 Å². The maximum atomic E-state index is 12.4. The molecule has 1 unspecified atom stereocenters. The second kappa shape index (κ2) is 7.15. The van der Waals surface area contributed by atoms with Gasteiger partial charge in [0.2, 0.25) is 0 Å². The first-order valence-corrected chi connectivity index (χ1v) is 8.70. The Kier molecular flexibility index (Phi) is 5.50. The molecule has 2 rings (SSSR count). The molecule has 114 valence electrons. The monoisotopic (exact) mass is 324 g/mol. The van der Waals surface area contributed by atoms with Crippen LogP contribution in [0, 0.1) is 12.8 Å². The van der Waals surface area contributed by atoms with Gasteiger partial charge in [-0.15, -0.1) is 11.3 Å². The van der Waals surface area contributed by atoms with E-state index < -0.39 is 0 Å². The largest absolute Gasteiger partial charge is 0.396 e. The van der Waals surface area contributed by atoms with E-state index in [0.29, 0.717) is 11.3 Å². The Balaban J connectivity index is 2.16. The van der Waals surface area contributed by atoms with Gasteiger partial charge in [-0.3, -0.25) is 4.79 Å². The molecular formula is C15H20N2O2S2. The van der Waals surface area contributed by atoms with Crippen LogP contribution in [0.15, 0.2) is 16.8 Å². The Morgan fingerprint density at radius 3 is 2.81 bits per heavy atom. The SMILES string of the molecule is Cc1nc(-c2ccsc2)sc1C(=O)NC(CCO)C(C)C. The number of thiazole rings is 1. The topological polar surface area (TPSA) is 62.2 Å². The van der Waals surface area contributed by atoms with Crippen LogP contribution in [0.5, 0.6) is 0 Å². The summed E-state index contributed by atoms with van der Waals surface area (Å²) in [6.45, 7) is 6.01. The van der Waals surface area contributed by atoms with Crippen molar-refractivity contribution in [1.29, 1.82) is 0 Å². The lowest BCUT2D eigenvalue weighted by molar-refractivity contribution is 0.0920. The number of hydrogen-bond donors (Lipinski definition) is 2. The van der Waals surface area contributed by atoms with E-state index >= 15 is 0 Å². The zero-order chi connectivity index (χ0) is 15.4. The van der Waals surface area contributed by atoms with Crippen molar-refractivity contribution in [2.24, 2.45) is 5.92 Å². The number of nitrogens with zero attached hydrogens (tertiary/aromatic N) is 1. The first kappa shape index (κ1) is 16.1. The molecule has 0 radical (unpaired) electrons. The molecule has 1 atom stereocenters. The van der Waals surface area contributed by atoms with Gasteiger partial charge in [0.25, 0.3) is 5.91 Å². The van der Waals surface area contributed by atoms with Gasteiger partial charge in [-0.1, -0.05) is 13.8 Å². The predicted octanol–water partition coefficient (Wildman–Crippen LogP) is 3.32. The molecule has 0 aliphatic carbocycles. The highest BCUT2D eigenvalue weighted by Gasteiger charge is 2.21. The Bertz CT molecular complexity index is 591. The van der Waals surface area contributed by atoms with Gasteiger partial charge < -0.3 is 10.4 Å². The number of hydrogen-bond acceptors (Lipinski definition) is 5. The van der Waals surface area contributed by atoms with Crippen LogP contribution in [0.4, 0.5) is 0 Å². The quantitative estimate of drug-likeness (QED) is 0.857. The van der Waals surface area contributed by atoms with Crippen LogP contribution >= 0.6 is 22.7 Å². The summed E-state index contributed by atoms with van der Waals surface area (Å²) in [5.41, 5.74) is 1.81. The van der Waals surface area contributed by atoms with E-state index in [4.69, 9.17) is 5.11 Å². The van der Waals surface area contributed by atoms with E-state index in [0.717, 1.165) is 16.3 Å². The van der Waals surface area contributed by atoms with E-state index in [9.17, 15) is 4.79 Å². The summed E-state index contributed by atoms with van der Waals surface area (Å²) in [4.78, 5) is 17.6. The Morgan fingerprint density at radius 1 is 1.48 bits per heavy atom. The standard InChI is InChI=1S/C15H20N2O2S2/c1-9(2)12(4-6-18)17-14(19)13-10(3)16-15(21-13)11-5-7-20-8-11/h5,7-9,12,18H,4,6H2,1-3H3,(H,17,19). The number of nitrogens with one attached hydrogen (secondary N) is 1. The van der Waals surface area contributed by atoms with Crippen LogP contribution in [-0.2, 0) is 0 Å². The smallest absolute Gasteiger partial charge is 0.263 e. The average molecular weight is 324 g/mol. The van der Waals surface area contributed by atoms with Gasteiger partial charge in [-0.25, -0.2) is 4.98 Å². The minimum atomic E-state index is -0.0985. The number of aliphatic hydroxyl groups excluding tert-OH is 1. The van der Waals surface area contributed by atoms with Gasteiger partial charge in [0.05, 0.1) is 5.69 Å². The van der Waals surface area contributed by atoms with Gasteiger partial charge >= 0.3 is 0 Å². The molecule has 21 heavy (non-hydrogen) atoms. The summed E-state index contributed by atoms with van der Waals surface area (Å²) in [6.07, 6.45) is 0.568. The van der Waals surface area contributed by atoms with Gasteiger partial charge in [-0.05, 0) is 30.7 Å². The summed E-state index contributed by atoms with van der Waals surface area (Å²) in [5.74, 6) is 0.185. The number of carbonyl (C=O) groups is 1. The Labute approximate surface area is 132 Å². The highest BCUT2D eigenvalue weighted by molar-refractivity contribution is 7.17. The second-order valence-electron chi connectivity index (χ2n) is 5.28. The number of rotatable bonds is 6. The van der Waals surface area contributed by atoms with E-state index in [1.807, 2.05) is 37.6 Å². The fraction of sp³-hybridized carbons (Fsp3) is 0.467. The van der Waals surface area contributed by atoms with Crippen molar-refractivity contribution >= 4 is 28.6 Å². The molecule has 0 aromatic carbocycles. The number of aryl methyl sites for hydroxylation is 1. The number of aliphatic hydroxyl groups is 1. The number of amides is 1. The highest BCUT2D eigenvalue weighted by atomic mass is 32.1. The van der Waals surface area contributed by atoms with E-state index in [1.165, 1.54) is 11.3 Å². The van der Waals surface area contributed by atoms with Crippen LogP contribution in [0.3, 0.4) is 0 Å². The van der Waals surface area contributed by atoms with Gasteiger partial charge in [0.15, 0.2) is 0 Å². The molecule has 4 nitrogen and oxygen atoms in total. The fourth-order valence-corrected chi connectivity index (χ4v) is 3.74. The number of thiophene rings is 1. The molecule has 0 aliphatic heterocycles. The molecule has 2 aromatic rings. The average Bonchev–Trinajstić information content (AvgIpc) is 3.06. The predicted molar refractivity (Wildman–Crippen MR) is 88.0 cm³/mol. The van der Waals surface area contributed by atoms with Crippen molar-refractivity contribution in [3.8, 4) is 10.6 Å². The molecule has 0 saturated carbocycles. The lowest BCUT2D eigenvalue weighted by Gasteiger charge is -2.21. The molecule has 0 saturated heterocycles. The maximum Gasteiger partial charge on any atom is 0.263 e. The molecular weight excluding hydrogens is 304 g/mol. The fourth-order valence-electron chi connectivity index (χ4n) is 2.06. The van der Waals surface area contributed by atoms with Crippen LogP contribution < -0.4 is 5.32 Å². The molecule has 1 amide bonds. The molecule has 2 heterocycles. The van der Waals surface area contributed by atoms with Crippen LogP contribution in [-0.4, -0.2) is 28.6 Å². The van der Waals surface area contributed by atoms with Gasteiger partial charge in [0.1, 0.15) is 9.88 Å². The molecule has 2 N–H and O–H groups in total. The van der Waals surface area contributed by atoms with Crippen molar-refractivity contribution in [2.45, 2.75) is 33.2 Å². The van der Waals surface area contributed by atoms with Crippen LogP contribution in [0.25, 0.3) is 10.6 Å². The van der Waals surface area contributed by atoms with Crippen LogP contribution in [0.1, 0.15) is 35.6 Å². The summed E-state index contributed by atoms with van der Waals surface area (Å²) < 4.78 is 0. The van der Waals surface area contributed by atoms with Gasteiger partial charge in [-0.2, -0.15) is 11.3 Å². The van der Waals surface area contributed by atoms with Crippen molar-refractivity contribution in [3.05, 3.63) is 27.4 Å². The van der Waals surface area contributed by atoms with E-state index in [2.05, 4.69) is 10.3 Å². The molecule has 2 aromatic heterocycles. The molecule has 0 fully saturated rings. The third-order valence-corrected chi connectivity index (χ3v) is 5.22. The first-order chi connectivity index (χ1) is 10.0. The lowest BCUT2D eigenvalue weighted by Crippen LogP contribution is -2.39. The third-order valence-electron chi connectivity index (χ3n) is 3.33. The van der Waals surface area contributed by atoms with Crippen molar-refractivity contribution in [2.75, 3.05) is 6.61 Å². The maximum absolute atomic E-state index is 12.4. The molecule has 0 spiro atoms. The minimum absolute atomic E-state index is 0.0198. The Hall–Kier alpha value is -1.24. The molecule has 0 aliphatic rings. The van der Waals surface area contributed by atoms with Crippen molar-refractivity contribution < 1.29 is 9.90 Å². The zero-order valence-electron chi connectivity index (χ0n) is 12.4. The van der Waals surface area contributed by atoms with Gasteiger partial charge in [0, 0.05) is 23.6 Å². The Morgan fingerprint density at radius 2 is 2.24 bits per heavy atom. The third kappa shape index (κ3) is 3.90. The number of aromatic nitrogens is 1. The summed E-state index contributed by atoms with van der Waals surface area (Å²) in [7, 11) is 0. The normalized spacial score (nSPS) is 12.6. The molecule has 6 heteroatoms. The lowest BCUT2D eigenvalue weighted by atomic mass is 10.0. The molecule has 0 bridgehead atoms. The minimum Gasteiger partial charge on any atom is -0.396 e. The highest BCUT2D eigenvalue weighted by Crippen LogP contribution is 2.29. The summed E-state index contributed by atoms with van der Waals surface area (Å²) in [6, 6.07) is 1.99. The summed E-state index contributed by atoms with van der Waals surface area (Å²) in [5, 5.41) is 17.0. The number of carbonyl (C=O) groups excluding carboxylic acids is 1. The van der Waals surface area contributed by atoms with E-state index in [-0.39, 0.29) is 24.5 Å². The first-order valence-electron chi connectivity index (χ1n) is 6.94. The van der Waals surface area contributed by atoms with Crippen LogP contribution in [0.2, 0.25) is 0 Å². The summed E-state index contributed by atoms with van der Waals surface area (Å²) >= 11 is 3.04. The zero-order valence-corrected chi connectivity index (χ0v) is 14.1.